The maximum absolute atomic E-state index is 11.6. The molecule has 0 radical (unpaired) electrons. The third-order valence-electron chi connectivity index (χ3n) is 4.28. The van der Waals surface area contributed by atoms with Gasteiger partial charge >= 0.3 is 11.9 Å². The molecule has 0 amide bonds. The Hall–Kier alpha value is -1.06. The number of hydrogen-bond donors (Lipinski definition) is 0. The summed E-state index contributed by atoms with van der Waals surface area (Å²) in [7, 11) is 0. The Morgan fingerprint density at radius 3 is 2.32 bits per heavy atom. The molecule has 1 saturated carbocycles. The predicted molar refractivity (Wildman–Crippen MR) is 86.4 cm³/mol. The second kappa shape index (κ2) is 11.5. The molecule has 1 atom stereocenters. The molecule has 1 fully saturated rings. The Morgan fingerprint density at radius 2 is 1.68 bits per heavy atom. The molecule has 0 aromatic rings. The smallest absolute Gasteiger partial charge is 0.305 e. The Kier molecular flexibility index (Phi) is 9.93. The average Bonchev–Trinajstić information content (AvgIpc) is 2.52. The Bertz CT molecular complexity index is 321. The Morgan fingerprint density at radius 1 is 1.05 bits per heavy atom. The fraction of sp³-hybridized carbons (Fsp3) is 0.889. The van der Waals surface area contributed by atoms with Crippen molar-refractivity contribution in [3.05, 3.63) is 0 Å². The monoisotopic (exact) mass is 312 g/mol. The second-order valence-electron chi connectivity index (χ2n) is 6.62. The maximum atomic E-state index is 11.6. The lowest BCUT2D eigenvalue weighted by molar-refractivity contribution is -0.147. The van der Waals surface area contributed by atoms with Gasteiger partial charge in [-0.3, -0.25) is 9.59 Å². The van der Waals surface area contributed by atoms with E-state index in [1.54, 1.807) is 0 Å². The van der Waals surface area contributed by atoms with Crippen molar-refractivity contribution in [3.8, 4) is 0 Å². The zero-order valence-electron chi connectivity index (χ0n) is 14.3. The number of hydrogen-bond acceptors (Lipinski definition) is 4. The van der Waals surface area contributed by atoms with Crippen LogP contribution in [0, 0.1) is 11.8 Å². The van der Waals surface area contributed by atoms with Crippen LogP contribution >= 0.6 is 0 Å². The van der Waals surface area contributed by atoms with Gasteiger partial charge in [-0.1, -0.05) is 39.5 Å². The summed E-state index contributed by atoms with van der Waals surface area (Å²) in [4.78, 5) is 23.2. The van der Waals surface area contributed by atoms with Gasteiger partial charge in [0.1, 0.15) is 0 Å². The first-order valence-electron chi connectivity index (χ1n) is 8.93. The molecule has 128 valence electrons. The van der Waals surface area contributed by atoms with E-state index in [0.29, 0.717) is 44.3 Å². The summed E-state index contributed by atoms with van der Waals surface area (Å²) in [5, 5.41) is 0. The summed E-state index contributed by atoms with van der Waals surface area (Å²) < 4.78 is 10.5. The lowest BCUT2D eigenvalue weighted by Crippen LogP contribution is -2.17. The first-order chi connectivity index (χ1) is 10.6. The molecule has 4 heteroatoms. The van der Waals surface area contributed by atoms with Gasteiger partial charge in [0.05, 0.1) is 13.2 Å². The van der Waals surface area contributed by atoms with Crippen LogP contribution in [0.25, 0.3) is 0 Å². The van der Waals surface area contributed by atoms with E-state index in [1.807, 2.05) is 0 Å². The van der Waals surface area contributed by atoms with E-state index in [0.717, 1.165) is 12.8 Å². The van der Waals surface area contributed by atoms with Crippen molar-refractivity contribution in [2.24, 2.45) is 11.8 Å². The van der Waals surface area contributed by atoms with E-state index in [-0.39, 0.29) is 11.9 Å². The van der Waals surface area contributed by atoms with Crippen LogP contribution in [0.3, 0.4) is 0 Å². The van der Waals surface area contributed by atoms with Gasteiger partial charge in [0.2, 0.25) is 0 Å². The Labute approximate surface area is 134 Å². The number of esters is 2. The van der Waals surface area contributed by atoms with E-state index in [9.17, 15) is 9.59 Å². The van der Waals surface area contributed by atoms with Crippen LogP contribution in [0.2, 0.25) is 0 Å². The fourth-order valence-corrected chi connectivity index (χ4v) is 2.90. The average molecular weight is 312 g/mol. The van der Waals surface area contributed by atoms with Crippen molar-refractivity contribution in [1.29, 1.82) is 0 Å². The number of rotatable bonds is 10. The van der Waals surface area contributed by atoms with Gasteiger partial charge < -0.3 is 9.47 Å². The van der Waals surface area contributed by atoms with Crippen LogP contribution in [0.1, 0.15) is 78.1 Å². The van der Waals surface area contributed by atoms with Crippen LogP contribution in [0.4, 0.5) is 0 Å². The van der Waals surface area contributed by atoms with Crippen molar-refractivity contribution in [2.75, 3.05) is 13.2 Å². The first kappa shape index (κ1) is 19.0. The minimum absolute atomic E-state index is 0.183. The summed E-state index contributed by atoms with van der Waals surface area (Å²) in [6.45, 7) is 5.24. The molecule has 22 heavy (non-hydrogen) atoms. The van der Waals surface area contributed by atoms with E-state index >= 15 is 0 Å². The zero-order chi connectivity index (χ0) is 16.2. The van der Waals surface area contributed by atoms with Gasteiger partial charge in [0.15, 0.2) is 0 Å². The molecule has 1 rings (SSSR count). The van der Waals surface area contributed by atoms with Gasteiger partial charge in [-0.05, 0) is 37.5 Å². The largest absolute Gasteiger partial charge is 0.465 e. The van der Waals surface area contributed by atoms with E-state index in [4.69, 9.17) is 9.47 Å². The molecule has 0 saturated heterocycles. The van der Waals surface area contributed by atoms with Crippen molar-refractivity contribution >= 4 is 11.9 Å². The molecular formula is C18H32O4. The highest BCUT2D eigenvalue weighted by Gasteiger charge is 2.15. The van der Waals surface area contributed by atoms with E-state index in [1.165, 1.54) is 32.1 Å². The highest BCUT2D eigenvalue weighted by atomic mass is 16.5. The minimum atomic E-state index is -0.206. The molecule has 0 N–H and O–H groups in total. The molecule has 0 aromatic heterocycles. The van der Waals surface area contributed by atoms with Crippen LogP contribution in [0.5, 0.6) is 0 Å². The number of ether oxygens (including phenoxy) is 2. The van der Waals surface area contributed by atoms with Crippen molar-refractivity contribution in [2.45, 2.75) is 78.1 Å². The van der Waals surface area contributed by atoms with Gasteiger partial charge in [-0.2, -0.15) is 0 Å². The SMILES string of the molecule is CCCC(C)COC(=O)CCCC(=O)OCC1CCCCC1. The lowest BCUT2D eigenvalue weighted by atomic mass is 9.90. The summed E-state index contributed by atoms with van der Waals surface area (Å²) in [5.41, 5.74) is 0. The lowest BCUT2D eigenvalue weighted by Gasteiger charge is -2.20. The number of carbonyl (C=O) groups excluding carboxylic acids is 2. The second-order valence-corrected chi connectivity index (χ2v) is 6.62. The van der Waals surface area contributed by atoms with E-state index < -0.39 is 0 Å². The summed E-state index contributed by atoms with van der Waals surface area (Å²) in [6.07, 6.45) is 9.48. The maximum Gasteiger partial charge on any atom is 0.305 e. The Balaban J connectivity index is 2.00. The molecule has 0 bridgehead atoms. The fourth-order valence-electron chi connectivity index (χ4n) is 2.90. The molecule has 4 nitrogen and oxygen atoms in total. The van der Waals surface area contributed by atoms with Crippen LogP contribution in [-0.2, 0) is 19.1 Å². The molecular weight excluding hydrogens is 280 g/mol. The molecule has 1 aliphatic carbocycles. The molecule has 1 aliphatic rings. The van der Waals surface area contributed by atoms with Crippen molar-refractivity contribution in [3.63, 3.8) is 0 Å². The topological polar surface area (TPSA) is 52.6 Å². The van der Waals surface area contributed by atoms with Gasteiger partial charge in [0, 0.05) is 12.8 Å². The summed E-state index contributed by atoms with van der Waals surface area (Å²) >= 11 is 0. The van der Waals surface area contributed by atoms with Gasteiger partial charge in [-0.25, -0.2) is 0 Å². The molecule has 0 spiro atoms. The first-order valence-corrected chi connectivity index (χ1v) is 8.93. The van der Waals surface area contributed by atoms with E-state index in [2.05, 4.69) is 13.8 Å². The molecule has 1 unspecified atom stereocenters. The molecule has 0 aromatic carbocycles. The highest BCUT2D eigenvalue weighted by molar-refractivity contribution is 5.72. The highest BCUT2D eigenvalue weighted by Crippen LogP contribution is 2.23. The minimum Gasteiger partial charge on any atom is -0.465 e. The quantitative estimate of drug-likeness (QED) is 0.566. The summed E-state index contributed by atoms with van der Waals surface area (Å²) in [6, 6.07) is 0. The molecule has 0 aliphatic heterocycles. The predicted octanol–water partition coefficient (Wildman–Crippen LogP) is 4.26. The summed E-state index contributed by atoms with van der Waals surface area (Å²) in [5.74, 6) is 0.567. The van der Waals surface area contributed by atoms with Crippen molar-refractivity contribution < 1.29 is 19.1 Å². The standard InChI is InChI=1S/C18H32O4/c1-3-8-15(2)13-21-17(19)11-7-12-18(20)22-14-16-9-5-4-6-10-16/h15-16H,3-14H2,1-2H3. The molecule has 0 heterocycles. The third kappa shape index (κ3) is 9.06. The van der Waals surface area contributed by atoms with Crippen LogP contribution in [-0.4, -0.2) is 25.2 Å². The third-order valence-corrected chi connectivity index (χ3v) is 4.28. The van der Waals surface area contributed by atoms with Crippen LogP contribution in [0.15, 0.2) is 0 Å². The van der Waals surface area contributed by atoms with Crippen LogP contribution < -0.4 is 0 Å². The van der Waals surface area contributed by atoms with Crippen molar-refractivity contribution in [1.82, 2.24) is 0 Å². The number of carbonyl (C=O) groups is 2. The normalized spacial score (nSPS) is 17.0. The zero-order valence-corrected chi connectivity index (χ0v) is 14.3. The van der Waals surface area contributed by atoms with Gasteiger partial charge in [-0.15, -0.1) is 0 Å². The van der Waals surface area contributed by atoms with Gasteiger partial charge in [0.25, 0.3) is 0 Å².